The molecule has 0 saturated carbocycles. The molecule has 5 nitrogen and oxygen atoms in total. The summed E-state index contributed by atoms with van der Waals surface area (Å²) in [6.45, 7) is 2.94. The summed E-state index contributed by atoms with van der Waals surface area (Å²) in [7, 11) is -1.88. The highest BCUT2D eigenvalue weighted by molar-refractivity contribution is 7.56. The van der Waals surface area contributed by atoms with Crippen molar-refractivity contribution >= 4 is 25.1 Å². The minimum Gasteiger partial charge on any atom is -0.468 e. The van der Waals surface area contributed by atoms with Gasteiger partial charge in [0.15, 0.2) is 0 Å². The van der Waals surface area contributed by atoms with Crippen molar-refractivity contribution in [1.29, 1.82) is 0 Å². The molecule has 100 valence electrons. The van der Waals surface area contributed by atoms with Gasteiger partial charge in [-0.05, 0) is 31.2 Å². The molecule has 0 aliphatic heterocycles. The zero-order valence-electron chi connectivity index (χ0n) is 10.3. The van der Waals surface area contributed by atoms with E-state index in [1.807, 2.05) is 0 Å². The maximum Gasteiger partial charge on any atom is 0.323 e. The van der Waals surface area contributed by atoms with Gasteiger partial charge < -0.3 is 9.26 Å². The van der Waals surface area contributed by atoms with Crippen LogP contribution in [0.4, 0.5) is 0 Å². The summed E-state index contributed by atoms with van der Waals surface area (Å²) in [4.78, 5) is 11.2. The molecule has 18 heavy (non-hydrogen) atoms. The van der Waals surface area contributed by atoms with Gasteiger partial charge >= 0.3 is 13.5 Å². The number of carbonyl (C=O) groups excluding carboxylic acids is 1. The number of rotatable bonds is 5. The largest absolute Gasteiger partial charge is 0.468 e. The molecule has 0 aliphatic carbocycles. The first kappa shape index (κ1) is 15.0. The monoisotopic (exact) mass is 291 g/mol. The highest BCUT2D eigenvalue weighted by Gasteiger charge is 2.24. The van der Waals surface area contributed by atoms with Gasteiger partial charge in [-0.3, -0.25) is 9.36 Å². The maximum absolute atomic E-state index is 12.1. The van der Waals surface area contributed by atoms with Crippen molar-refractivity contribution in [1.82, 2.24) is 5.09 Å². The molecule has 1 rings (SSSR count). The molecule has 0 aliphatic rings. The fourth-order valence-electron chi connectivity index (χ4n) is 1.30. The number of halogens is 1. The van der Waals surface area contributed by atoms with Crippen LogP contribution >= 0.6 is 19.1 Å². The van der Waals surface area contributed by atoms with Gasteiger partial charge in [-0.15, -0.1) is 0 Å². The first-order valence-electron chi connectivity index (χ1n) is 5.22. The molecule has 0 saturated heterocycles. The van der Waals surface area contributed by atoms with Crippen LogP contribution in [-0.4, -0.2) is 25.8 Å². The minimum atomic E-state index is -3.15. The van der Waals surface area contributed by atoms with Crippen molar-refractivity contribution < 1.29 is 18.6 Å². The summed E-state index contributed by atoms with van der Waals surface area (Å²) in [5, 5.41) is 3.16. The van der Waals surface area contributed by atoms with E-state index >= 15 is 0 Å². The number of ether oxygens (including phenoxy) is 1. The van der Waals surface area contributed by atoms with Gasteiger partial charge in [-0.1, -0.05) is 11.6 Å². The summed E-state index contributed by atoms with van der Waals surface area (Å²) >= 11 is 5.73. The van der Waals surface area contributed by atoms with Crippen molar-refractivity contribution in [3.05, 3.63) is 29.3 Å². The van der Waals surface area contributed by atoms with Crippen LogP contribution < -0.4 is 9.61 Å². The molecular weight excluding hydrogens is 277 g/mol. The Morgan fingerprint density at radius 1 is 1.39 bits per heavy atom. The predicted octanol–water partition coefficient (Wildman–Crippen LogP) is 2.69. The fourth-order valence-corrected chi connectivity index (χ4v) is 2.82. The lowest BCUT2D eigenvalue weighted by Crippen LogP contribution is -2.33. The first-order chi connectivity index (χ1) is 8.34. The Balaban J connectivity index is 2.67. The van der Waals surface area contributed by atoms with Crippen LogP contribution in [-0.2, 0) is 14.1 Å². The zero-order valence-corrected chi connectivity index (χ0v) is 12.0. The number of esters is 1. The first-order valence-corrected chi connectivity index (χ1v) is 7.67. The molecule has 1 aromatic rings. The lowest BCUT2D eigenvalue weighted by Gasteiger charge is -2.19. The van der Waals surface area contributed by atoms with Crippen LogP contribution in [0.15, 0.2) is 24.3 Å². The lowest BCUT2D eigenvalue weighted by molar-refractivity contribution is -0.142. The molecule has 7 heteroatoms. The van der Waals surface area contributed by atoms with Gasteiger partial charge in [-0.25, -0.2) is 5.09 Å². The maximum atomic E-state index is 12.1. The number of hydrogen-bond donors (Lipinski definition) is 1. The number of methoxy groups -OCH3 is 1. The van der Waals surface area contributed by atoms with Crippen molar-refractivity contribution in [3.63, 3.8) is 0 Å². The van der Waals surface area contributed by atoms with Gasteiger partial charge in [0.2, 0.25) is 0 Å². The van der Waals surface area contributed by atoms with E-state index < -0.39 is 19.5 Å². The molecule has 0 fully saturated rings. The second-order valence-corrected chi connectivity index (χ2v) is 6.33. The zero-order chi connectivity index (χ0) is 13.8. The molecule has 0 bridgehead atoms. The fraction of sp³-hybridized carbons (Fsp3) is 0.364. The standard InChI is InChI=1S/C11H15ClNO4P/c1-8(11(14)16-2)13-18(3,15)17-10-6-4-9(12)5-7-10/h4-8H,1-3H3,(H,13,15)/t8-,18?/m0/s1. The van der Waals surface area contributed by atoms with E-state index in [9.17, 15) is 9.36 Å². The Kier molecular flexibility index (Phi) is 5.20. The highest BCUT2D eigenvalue weighted by atomic mass is 35.5. The molecule has 0 amide bonds. The Bertz CT molecular complexity index is 463. The van der Waals surface area contributed by atoms with Gasteiger partial charge in [0.1, 0.15) is 11.8 Å². The van der Waals surface area contributed by atoms with Crippen molar-refractivity contribution in [2.75, 3.05) is 13.8 Å². The minimum absolute atomic E-state index is 0.412. The van der Waals surface area contributed by atoms with Gasteiger partial charge in [0.05, 0.1) is 7.11 Å². The SMILES string of the molecule is COC(=O)[C@H](C)NP(C)(=O)Oc1ccc(Cl)cc1. The Labute approximate surface area is 111 Å². The Morgan fingerprint density at radius 3 is 2.44 bits per heavy atom. The van der Waals surface area contributed by atoms with E-state index in [2.05, 4.69) is 9.82 Å². The van der Waals surface area contributed by atoms with Crippen LogP contribution in [0.3, 0.4) is 0 Å². The van der Waals surface area contributed by atoms with Crippen LogP contribution in [0.25, 0.3) is 0 Å². The summed E-state index contributed by atoms with van der Waals surface area (Å²) in [5.74, 6) is -0.0911. The average molecular weight is 292 g/mol. The molecule has 0 spiro atoms. The molecule has 1 unspecified atom stereocenters. The van der Waals surface area contributed by atoms with E-state index in [1.165, 1.54) is 13.8 Å². The third-order valence-electron chi connectivity index (χ3n) is 2.08. The van der Waals surface area contributed by atoms with Crippen LogP contribution in [0.1, 0.15) is 6.92 Å². The number of benzene rings is 1. The smallest absolute Gasteiger partial charge is 0.323 e. The molecule has 1 aromatic carbocycles. The van der Waals surface area contributed by atoms with Crippen molar-refractivity contribution in [2.24, 2.45) is 0 Å². The van der Waals surface area contributed by atoms with E-state index in [4.69, 9.17) is 16.1 Å². The molecule has 2 atom stereocenters. The summed E-state index contributed by atoms with van der Waals surface area (Å²) < 4.78 is 22.0. The average Bonchev–Trinajstić information content (AvgIpc) is 2.30. The number of carbonyl (C=O) groups is 1. The third-order valence-corrected chi connectivity index (χ3v) is 3.74. The topological polar surface area (TPSA) is 64.6 Å². The Morgan fingerprint density at radius 2 is 1.94 bits per heavy atom. The lowest BCUT2D eigenvalue weighted by atomic mass is 10.3. The Hall–Kier alpha value is -1.03. The van der Waals surface area contributed by atoms with E-state index in [-0.39, 0.29) is 0 Å². The number of nitrogens with one attached hydrogen (secondary N) is 1. The predicted molar refractivity (Wildman–Crippen MR) is 70.2 cm³/mol. The summed E-state index contributed by atoms with van der Waals surface area (Å²) in [5.41, 5.74) is 0. The molecule has 0 radical (unpaired) electrons. The van der Waals surface area contributed by atoms with E-state index in [0.717, 1.165) is 0 Å². The van der Waals surface area contributed by atoms with Gasteiger partial charge in [-0.2, -0.15) is 0 Å². The molecule has 0 aromatic heterocycles. The van der Waals surface area contributed by atoms with Crippen molar-refractivity contribution in [3.8, 4) is 5.75 Å². The van der Waals surface area contributed by atoms with Crippen molar-refractivity contribution in [2.45, 2.75) is 13.0 Å². The molecule has 0 heterocycles. The second kappa shape index (κ2) is 6.23. The second-order valence-electron chi connectivity index (χ2n) is 3.77. The normalized spacial score (nSPS) is 15.6. The number of hydrogen-bond acceptors (Lipinski definition) is 4. The van der Waals surface area contributed by atoms with Crippen LogP contribution in [0.2, 0.25) is 5.02 Å². The summed E-state index contributed by atoms with van der Waals surface area (Å²) in [6.07, 6.45) is 0. The quantitative estimate of drug-likeness (QED) is 0.667. The van der Waals surface area contributed by atoms with Crippen LogP contribution in [0.5, 0.6) is 5.75 Å². The van der Waals surface area contributed by atoms with Gasteiger partial charge in [0, 0.05) is 11.7 Å². The van der Waals surface area contributed by atoms with E-state index in [0.29, 0.717) is 10.8 Å². The summed E-state index contributed by atoms with van der Waals surface area (Å²) in [6, 6.07) is 5.74. The molecule has 1 N–H and O–H groups in total. The van der Waals surface area contributed by atoms with Crippen LogP contribution in [0, 0.1) is 0 Å². The highest BCUT2D eigenvalue weighted by Crippen LogP contribution is 2.39. The van der Waals surface area contributed by atoms with E-state index in [1.54, 1.807) is 31.2 Å². The third kappa shape index (κ3) is 4.69. The molecular formula is C11H15ClNO4P. The van der Waals surface area contributed by atoms with Gasteiger partial charge in [0.25, 0.3) is 0 Å².